The Morgan fingerprint density at radius 1 is 1.41 bits per heavy atom. The Labute approximate surface area is 138 Å². The minimum atomic E-state index is -0.269. The molecular formula is C15H12BrN3O2S. The third kappa shape index (κ3) is 2.95. The van der Waals surface area contributed by atoms with Crippen LogP contribution in [0.4, 0.5) is 5.69 Å². The van der Waals surface area contributed by atoms with Gasteiger partial charge < -0.3 is 5.32 Å². The van der Waals surface area contributed by atoms with Crippen molar-refractivity contribution in [2.75, 3.05) is 5.32 Å². The number of amides is 1. The third-order valence-corrected chi connectivity index (χ3v) is 4.90. The fourth-order valence-corrected chi connectivity index (χ4v) is 3.13. The molecule has 0 fully saturated rings. The van der Waals surface area contributed by atoms with Crippen LogP contribution in [-0.2, 0) is 11.3 Å². The predicted molar refractivity (Wildman–Crippen MR) is 91.4 cm³/mol. The highest BCUT2D eigenvalue weighted by molar-refractivity contribution is 9.10. The SMILES string of the molecule is Cc1ccc(NC(=O)Cn2cnc3sccc3c2=O)cc1Br. The van der Waals surface area contributed by atoms with E-state index in [0.29, 0.717) is 15.9 Å². The molecule has 5 nitrogen and oxygen atoms in total. The Bertz CT molecular complexity index is 917. The molecule has 1 aromatic carbocycles. The van der Waals surface area contributed by atoms with Gasteiger partial charge in [-0.3, -0.25) is 14.2 Å². The van der Waals surface area contributed by atoms with Crippen molar-refractivity contribution >= 4 is 49.1 Å². The Balaban J connectivity index is 1.79. The van der Waals surface area contributed by atoms with Crippen LogP contribution in [0, 0.1) is 6.92 Å². The molecule has 0 aliphatic rings. The number of aryl methyl sites for hydroxylation is 1. The van der Waals surface area contributed by atoms with Gasteiger partial charge in [0.2, 0.25) is 5.91 Å². The lowest BCUT2D eigenvalue weighted by molar-refractivity contribution is -0.116. The topological polar surface area (TPSA) is 64.0 Å². The molecule has 3 rings (SSSR count). The number of carbonyl (C=O) groups excluding carboxylic acids is 1. The van der Waals surface area contributed by atoms with E-state index in [1.165, 1.54) is 22.2 Å². The van der Waals surface area contributed by atoms with Gasteiger partial charge in [0, 0.05) is 10.2 Å². The normalized spacial score (nSPS) is 10.8. The Kier molecular flexibility index (Phi) is 4.08. The number of hydrogen-bond donors (Lipinski definition) is 1. The molecule has 0 saturated heterocycles. The van der Waals surface area contributed by atoms with E-state index >= 15 is 0 Å². The van der Waals surface area contributed by atoms with Crippen molar-refractivity contribution in [2.45, 2.75) is 13.5 Å². The van der Waals surface area contributed by atoms with Gasteiger partial charge in [-0.1, -0.05) is 22.0 Å². The van der Waals surface area contributed by atoms with E-state index in [2.05, 4.69) is 26.2 Å². The van der Waals surface area contributed by atoms with Gasteiger partial charge in [-0.05, 0) is 36.1 Å². The molecule has 0 bridgehead atoms. The quantitative estimate of drug-likeness (QED) is 0.762. The smallest absolute Gasteiger partial charge is 0.262 e. The van der Waals surface area contributed by atoms with Crippen LogP contribution in [-0.4, -0.2) is 15.5 Å². The van der Waals surface area contributed by atoms with Gasteiger partial charge >= 0.3 is 0 Å². The monoisotopic (exact) mass is 377 g/mol. The summed E-state index contributed by atoms with van der Waals surface area (Å²) in [4.78, 5) is 29.2. The number of carbonyl (C=O) groups is 1. The summed E-state index contributed by atoms with van der Waals surface area (Å²) in [6, 6.07) is 7.28. The summed E-state index contributed by atoms with van der Waals surface area (Å²) in [6.07, 6.45) is 1.41. The van der Waals surface area contributed by atoms with Crippen LogP contribution in [0.15, 0.2) is 45.2 Å². The summed E-state index contributed by atoms with van der Waals surface area (Å²) < 4.78 is 2.23. The highest BCUT2D eigenvalue weighted by atomic mass is 79.9. The number of aromatic nitrogens is 2. The summed E-state index contributed by atoms with van der Waals surface area (Å²) in [5.41, 5.74) is 1.56. The second-order valence-corrected chi connectivity index (χ2v) is 6.58. The molecule has 2 aromatic heterocycles. The maximum absolute atomic E-state index is 12.2. The number of nitrogens with zero attached hydrogens (tertiary/aromatic N) is 2. The largest absolute Gasteiger partial charge is 0.324 e. The third-order valence-electron chi connectivity index (χ3n) is 3.22. The van der Waals surface area contributed by atoms with Gasteiger partial charge in [0.15, 0.2) is 0 Å². The summed E-state index contributed by atoms with van der Waals surface area (Å²) in [5.74, 6) is -0.269. The fourth-order valence-electron chi connectivity index (χ4n) is 2.03. The van der Waals surface area contributed by atoms with Crippen LogP contribution in [0.2, 0.25) is 0 Å². The number of nitrogens with one attached hydrogen (secondary N) is 1. The molecule has 1 N–H and O–H groups in total. The Morgan fingerprint density at radius 3 is 3.00 bits per heavy atom. The van der Waals surface area contributed by atoms with Crippen molar-refractivity contribution in [2.24, 2.45) is 0 Å². The molecule has 0 atom stereocenters. The van der Waals surface area contributed by atoms with Gasteiger partial charge in [0.25, 0.3) is 5.56 Å². The number of benzene rings is 1. The molecule has 7 heteroatoms. The maximum atomic E-state index is 12.2. The van der Waals surface area contributed by atoms with E-state index in [0.717, 1.165) is 10.0 Å². The van der Waals surface area contributed by atoms with Crippen molar-refractivity contribution in [3.05, 3.63) is 56.4 Å². The van der Waals surface area contributed by atoms with Crippen molar-refractivity contribution in [1.29, 1.82) is 0 Å². The molecule has 0 aliphatic heterocycles. The zero-order valence-corrected chi connectivity index (χ0v) is 14.1. The fraction of sp³-hybridized carbons (Fsp3) is 0.133. The minimum absolute atomic E-state index is 0.0664. The van der Waals surface area contributed by atoms with E-state index in [1.807, 2.05) is 30.5 Å². The number of fused-ring (bicyclic) bond motifs is 1. The van der Waals surface area contributed by atoms with Crippen molar-refractivity contribution in [3.63, 3.8) is 0 Å². The zero-order valence-electron chi connectivity index (χ0n) is 11.7. The number of rotatable bonds is 3. The summed E-state index contributed by atoms with van der Waals surface area (Å²) in [7, 11) is 0. The average molecular weight is 378 g/mol. The standard InChI is InChI=1S/C15H12BrN3O2S/c1-9-2-3-10(6-12(9)16)18-13(20)7-19-8-17-14-11(15(19)21)4-5-22-14/h2-6,8H,7H2,1H3,(H,18,20). The first-order valence-corrected chi connectivity index (χ1v) is 8.20. The van der Waals surface area contributed by atoms with Crippen LogP contribution >= 0.6 is 27.3 Å². The van der Waals surface area contributed by atoms with Gasteiger partial charge in [0.1, 0.15) is 11.4 Å². The first-order valence-electron chi connectivity index (χ1n) is 6.53. The molecule has 22 heavy (non-hydrogen) atoms. The zero-order chi connectivity index (χ0) is 15.7. The second-order valence-electron chi connectivity index (χ2n) is 4.83. The van der Waals surface area contributed by atoms with Crippen molar-refractivity contribution in [3.8, 4) is 0 Å². The van der Waals surface area contributed by atoms with E-state index in [1.54, 1.807) is 6.07 Å². The number of hydrogen-bond acceptors (Lipinski definition) is 4. The molecule has 0 aliphatic carbocycles. The summed E-state index contributed by atoms with van der Waals surface area (Å²) in [5, 5.41) is 5.13. The van der Waals surface area contributed by atoms with Crippen LogP contribution in [0.25, 0.3) is 10.2 Å². The van der Waals surface area contributed by atoms with Gasteiger partial charge in [0.05, 0.1) is 11.7 Å². The van der Waals surface area contributed by atoms with Crippen LogP contribution in [0.5, 0.6) is 0 Å². The van der Waals surface area contributed by atoms with Crippen LogP contribution in [0.3, 0.4) is 0 Å². The molecule has 0 spiro atoms. The molecule has 0 radical (unpaired) electrons. The van der Waals surface area contributed by atoms with Crippen LogP contribution < -0.4 is 10.9 Å². The van der Waals surface area contributed by atoms with Gasteiger partial charge in [-0.15, -0.1) is 11.3 Å². The molecule has 1 amide bonds. The van der Waals surface area contributed by atoms with Crippen LogP contribution in [0.1, 0.15) is 5.56 Å². The predicted octanol–water partition coefficient (Wildman–Crippen LogP) is 3.17. The molecule has 0 saturated carbocycles. The molecule has 3 aromatic rings. The van der Waals surface area contributed by atoms with E-state index < -0.39 is 0 Å². The molecule has 2 heterocycles. The molecule has 112 valence electrons. The molecular weight excluding hydrogens is 366 g/mol. The van der Waals surface area contributed by atoms with Gasteiger partial charge in [-0.2, -0.15) is 0 Å². The first kappa shape index (κ1) is 14.9. The highest BCUT2D eigenvalue weighted by Crippen LogP contribution is 2.20. The number of anilines is 1. The first-order chi connectivity index (χ1) is 10.5. The number of thiophene rings is 1. The Morgan fingerprint density at radius 2 is 2.23 bits per heavy atom. The second kappa shape index (κ2) is 6.02. The summed E-state index contributed by atoms with van der Waals surface area (Å²) in [6.45, 7) is 1.90. The lowest BCUT2D eigenvalue weighted by Crippen LogP contribution is -2.27. The number of halogens is 1. The van der Waals surface area contributed by atoms with Gasteiger partial charge in [-0.25, -0.2) is 4.98 Å². The maximum Gasteiger partial charge on any atom is 0.262 e. The minimum Gasteiger partial charge on any atom is -0.324 e. The molecule has 0 unspecified atom stereocenters. The highest BCUT2D eigenvalue weighted by Gasteiger charge is 2.09. The summed E-state index contributed by atoms with van der Waals surface area (Å²) >= 11 is 4.83. The average Bonchev–Trinajstić information content (AvgIpc) is 2.95. The lowest BCUT2D eigenvalue weighted by Gasteiger charge is -2.08. The van der Waals surface area contributed by atoms with E-state index in [9.17, 15) is 9.59 Å². The Hall–Kier alpha value is -1.99. The van der Waals surface area contributed by atoms with E-state index in [-0.39, 0.29) is 18.0 Å². The van der Waals surface area contributed by atoms with Crippen molar-refractivity contribution in [1.82, 2.24) is 9.55 Å². The van der Waals surface area contributed by atoms with Crippen molar-refractivity contribution < 1.29 is 4.79 Å². The lowest BCUT2D eigenvalue weighted by atomic mass is 10.2. The van der Waals surface area contributed by atoms with E-state index in [4.69, 9.17) is 0 Å².